The Bertz CT molecular complexity index is 386. The van der Waals surface area contributed by atoms with Gasteiger partial charge in [-0.25, -0.2) is 4.68 Å². The van der Waals surface area contributed by atoms with Crippen LogP contribution in [0.3, 0.4) is 0 Å². The summed E-state index contributed by atoms with van der Waals surface area (Å²) < 4.78 is 1.51. The first kappa shape index (κ1) is 13.7. The Kier molecular flexibility index (Phi) is 5.69. The van der Waals surface area contributed by atoms with Crippen LogP contribution in [0.1, 0.15) is 19.8 Å². The van der Waals surface area contributed by atoms with E-state index in [9.17, 15) is 4.79 Å². The molecule has 1 heterocycles. The van der Waals surface area contributed by atoms with Crippen LogP contribution in [-0.4, -0.2) is 41.9 Å². The molecule has 0 atom stereocenters. The molecule has 0 aliphatic rings. The number of hydrogen-bond acceptors (Lipinski definition) is 4. The minimum atomic E-state index is -0.0372. The van der Waals surface area contributed by atoms with Crippen molar-refractivity contribution in [2.75, 3.05) is 32.5 Å². The van der Waals surface area contributed by atoms with E-state index in [0.29, 0.717) is 6.54 Å². The third-order valence-electron chi connectivity index (χ3n) is 2.42. The maximum atomic E-state index is 11.7. The zero-order valence-corrected chi connectivity index (χ0v) is 10.9. The topological polar surface area (TPSA) is 50.2 Å². The monoisotopic (exact) mass is 238 g/mol. The molecule has 5 nitrogen and oxygen atoms in total. The molecular formula is C12H22N4O. The molecule has 0 aromatic carbocycles. The van der Waals surface area contributed by atoms with Gasteiger partial charge in [0.1, 0.15) is 0 Å². The molecule has 5 heteroatoms. The lowest BCUT2D eigenvalue weighted by atomic mass is 10.4. The van der Waals surface area contributed by atoms with Gasteiger partial charge in [-0.3, -0.25) is 4.79 Å². The minimum Gasteiger partial charge on any atom is -0.384 e. The highest BCUT2D eigenvalue weighted by atomic mass is 16.1. The van der Waals surface area contributed by atoms with Gasteiger partial charge < -0.3 is 10.2 Å². The summed E-state index contributed by atoms with van der Waals surface area (Å²) in [4.78, 5) is 13.8. The van der Waals surface area contributed by atoms with E-state index >= 15 is 0 Å². The molecule has 0 saturated heterocycles. The van der Waals surface area contributed by atoms with Gasteiger partial charge in [-0.05, 0) is 33.5 Å². The van der Waals surface area contributed by atoms with Gasteiger partial charge in [-0.15, -0.1) is 0 Å². The Morgan fingerprint density at radius 3 is 2.82 bits per heavy atom. The van der Waals surface area contributed by atoms with Crippen molar-refractivity contribution in [2.24, 2.45) is 0 Å². The van der Waals surface area contributed by atoms with Crippen LogP contribution in [-0.2, 0) is 6.54 Å². The third kappa shape index (κ3) is 4.99. The molecule has 17 heavy (non-hydrogen) atoms. The Morgan fingerprint density at radius 2 is 2.24 bits per heavy atom. The smallest absolute Gasteiger partial charge is 0.268 e. The summed E-state index contributed by atoms with van der Waals surface area (Å²) in [6, 6.07) is 1.61. The molecule has 0 amide bonds. The van der Waals surface area contributed by atoms with E-state index in [-0.39, 0.29) is 5.56 Å². The molecule has 1 aromatic rings. The fourth-order valence-corrected chi connectivity index (χ4v) is 1.50. The van der Waals surface area contributed by atoms with Crippen molar-refractivity contribution >= 4 is 5.69 Å². The van der Waals surface area contributed by atoms with E-state index in [4.69, 9.17) is 0 Å². The Balaban J connectivity index is 2.54. The van der Waals surface area contributed by atoms with Gasteiger partial charge in [-0.1, -0.05) is 6.92 Å². The highest BCUT2D eigenvalue weighted by Gasteiger charge is 2.00. The van der Waals surface area contributed by atoms with Crippen LogP contribution < -0.4 is 10.9 Å². The summed E-state index contributed by atoms with van der Waals surface area (Å²) in [5.41, 5.74) is 0.769. The number of anilines is 1. The Labute approximate surface area is 102 Å². The molecule has 0 fully saturated rings. The zero-order valence-electron chi connectivity index (χ0n) is 10.9. The van der Waals surface area contributed by atoms with Crippen molar-refractivity contribution in [3.8, 4) is 0 Å². The molecule has 0 aliphatic carbocycles. The summed E-state index contributed by atoms with van der Waals surface area (Å²) >= 11 is 0. The second-order valence-electron chi connectivity index (χ2n) is 4.39. The van der Waals surface area contributed by atoms with Crippen molar-refractivity contribution in [3.63, 3.8) is 0 Å². The standard InChI is InChI=1S/C12H22N4O/c1-4-6-13-11-9-12(17)16(14-10-11)8-5-7-15(2)3/h9-10,13H,4-8H2,1-3H3. The van der Waals surface area contributed by atoms with Gasteiger partial charge in [-0.2, -0.15) is 5.10 Å². The largest absolute Gasteiger partial charge is 0.384 e. The van der Waals surface area contributed by atoms with Crippen LogP contribution in [0.2, 0.25) is 0 Å². The summed E-state index contributed by atoms with van der Waals surface area (Å²) in [6.07, 6.45) is 3.68. The number of nitrogens with one attached hydrogen (secondary N) is 1. The van der Waals surface area contributed by atoms with Gasteiger partial charge in [0, 0.05) is 19.2 Å². The van der Waals surface area contributed by atoms with E-state index in [1.165, 1.54) is 4.68 Å². The zero-order chi connectivity index (χ0) is 12.7. The molecule has 96 valence electrons. The van der Waals surface area contributed by atoms with Gasteiger partial charge in [0.2, 0.25) is 0 Å². The van der Waals surface area contributed by atoms with E-state index in [0.717, 1.165) is 31.6 Å². The van der Waals surface area contributed by atoms with Crippen molar-refractivity contribution in [1.29, 1.82) is 0 Å². The second-order valence-corrected chi connectivity index (χ2v) is 4.39. The first-order chi connectivity index (χ1) is 8.13. The van der Waals surface area contributed by atoms with E-state index < -0.39 is 0 Å². The highest BCUT2D eigenvalue weighted by Crippen LogP contribution is 1.99. The molecule has 0 radical (unpaired) electrons. The van der Waals surface area contributed by atoms with E-state index in [1.54, 1.807) is 12.3 Å². The third-order valence-corrected chi connectivity index (χ3v) is 2.42. The summed E-state index contributed by atoms with van der Waals surface area (Å²) in [5, 5.41) is 7.30. The fraction of sp³-hybridized carbons (Fsp3) is 0.667. The predicted octanol–water partition coefficient (Wildman–Crippen LogP) is 1.02. The summed E-state index contributed by atoms with van der Waals surface area (Å²) in [7, 11) is 4.04. The van der Waals surface area contributed by atoms with Crippen LogP contribution in [0, 0.1) is 0 Å². The molecular weight excluding hydrogens is 216 g/mol. The average molecular weight is 238 g/mol. The van der Waals surface area contributed by atoms with Crippen molar-refractivity contribution < 1.29 is 0 Å². The average Bonchev–Trinajstić information content (AvgIpc) is 2.28. The van der Waals surface area contributed by atoms with Gasteiger partial charge >= 0.3 is 0 Å². The normalized spacial score (nSPS) is 10.8. The fourth-order valence-electron chi connectivity index (χ4n) is 1.50. The number of aryl methyl sites for hydroxylation is 1. The van der Waals surface area contributed by atoms with E-state index in [1.807, 2.05) is 14.1 Å². The lowest BCUT2D eigenvalue weighted by Gasteiger charge is -2.10. The van der Waals surface area contributed by atoms with Crippen molar-refractivity contribution in [2.45, 2.75) is 26.3 Å². The second kappa shape index (κ2) is 7.06. The van der Waals surface area contributed by atoms with Crippen LogP contribution in [0.4, 0.5) is 5.69 Å². The van der Waals surface area contributed by atoms with Crippen molar-refractivity contribution in [1.82, 2.24) is 14.7 Å². The molecule has 1 rings (SSSR count). The SMILES string of the molecule is CCCNc1cnn(CCCN(C)C)c(=O)c1. The van der Waals surface area contributed by atoms with Crippen LogP contribution in [0.5, 0.6) is 0 Å². The molecule has 0 unspecified atom stereocenters. The first-order valence-electron chi connectivity index (χ1n) is 6.09. The van der Waals surface area contributed by atoms with Crippen LogP contribution in [0.25, 0.3) is 0 Å². The van der Waals surface area contributed by atoms with Gasteiger partial charge in [0.05, 0.1) is 11.9 Å². The van der Waals surface area contributed by atoms with Crippen LogP contribution >= 0.6 is 0 Å². The number of hydrogen-bond donors (Lipinski definition) is 1. The quantitative estimate of drug-likeness (QED) is 0.770. The van der Waals surface area contributed by atoms with E-state index in [2.05, 4.69) is 22.2 Å². The lowest BCUT2D eigenvalue weighted by Crippen LogP contribution is -2.24. The highest BCUT2D eigenvalue weighted by molar-refractivity contribution is 5.38. The summed E-state index contributed by atoms with van der Waals surface area (Å²) in [6.45, 7) is 4.59. The van der Waals surface area contributed by atoms with Crippen LogP contribution in [0.15, 0.2) is 17.1 Å². The Morgan fingerprint density at radius 1 is 1.47 bits per heavy atom. The van der Waals surface area contributed by atoms with Gasteiger partial charge in [0.15, 0.2) is 0 Å². The maximum absolute atomic E-state index is 11.7. The molecule has 1 aromatic heterocycles. The summed E-state index contributed by atoms with van der Waals surface area (Å²) in [5.74, 6) is 0. The molecule has 0 aliphatic heterocycles. The first-order valence-corrected chi connectivity index (χ1v) is 6.09. The lowest BCUT2D eigenvalue weighted by molar-refractivity contribution is 0.377. The molecule has 1 N–H and O–H groups in total. The minimum absolute atomic E-state index is 0.0372. The molecule has 0 saturated carbocycles. The Hall–Kier alpha value is -1.36. The van der Waals surface area contributed by atoms with Gasteiger partial charge in [0.25, 0.3) is 5.56 Å². The number of rotatable bonds is 7. The number of aromatic nitrogens is 2. The number of nitrogens with zero attached hydrogens (tertiary/aromatic N) is 3. The molecule has 0 spiro atoms. The predicted molar refractivity (Wildman–Crippen MR) is 70.4 cm³/mol. The van der Waals surface area contributed by atoms with Crippen molar-refractivity contribution in [3.05, 3.63) is 22.6 Å². The molecule has 0 bridgehead atoms. The maximum Gasteiger partial charge on any atom is 0.268 e.